The Balaban J connectivity index is 1.72. The van der Waals surface area contributed by atoms with Crippen molar-refractivity contribution in [1.29, 1.82) is 0 Å². The fourth-order valence-corrected chi connectivity index (χ4v) is 4.19. The molecule has 0 aromatic heterocycles. The van der Waals surface area contributed by atoms with Crippen LogP contribution < -0.4 is 5.32 Å². The number of ketones is 2. The van der Waals surface area contributed by atoms with Gasteiger partial charge in [0.05, 0.1) is 11.6 Å². The van der Waals surface area contributed by atoms with Crippen molar-refractivity contribution in [2.45, 2.75) is 64.3 Å². The third kappa shape index (κ3) is 5.71. The molecule has 0 unspecified atom stereocenters. The molecular formula is C27H33NO3. The Bertz CT molecular complexity index is 917. The minimum Gasteiger partial charge on any atom is -0.507 e. The molecule has 1 atom stereocenters. The second-order valence-electron chi connectivity index (χ2n) is 8.24. The second-order valence-corrected chi connectivity index (χ2v) is 8.24. The molecule has 2 aromatic carbocycles. The topological polar surface area (TPSA) is 66.4 Å². The van der Waals surface area contributed by atoms with Gasteiger partial charge in [-0.05, 0) is 18.5 Å². The molecule has 0 fully saturated rings. The molecule has 2 N–H and O–H groups in total. The number of hydrogen-bond donors (Lipinski definition) is 2. The van der Waals surface area contributed by atoms with E-state index in [4.69, 9.17) is 0 Å². The zero-order chi connectivity index (χ0) is 22.1. The van der Waals surface area contributed by atoms with Gasteiger partial charge in [-0.2, -0.15) is 0 Å². The Morgan fingerprint density at radius 1 is 0.742 bits per heavy atom. The van der Waals surface area contributed by atoms with Crippen molar-refractivity contribution in [3.05, 3.63) is 76.9 Å². The van der Waals surface area contributed by atoms with Crippen LogP contribution in [0.1, 0.15) is 85.8 Å². The van der Waals surface area contributed by atoms with Crippen LogP contribution in [-0.4, -0.2) is 23.2 Å². The first-order valence-corrected chi connectivity index (χ1v) is 11.5. The molecule has 31 heavy (non-hydrogen) atoms. The summed E-state index contributed by atoms with van der Waals surface area (Å²) < 4.78 is 0. The van der Waals surface area contributed by atoms with Gasteiger partial charge in [0.1, 0.15) is 5.76 Å². The summed E-state index contributed by atoms with van der Waals surface area (Å²) in [5.74, 6) is -1.29. The standard InChI is InChI=1S/C27H33NO3/c1-2-3-4-5-6-7-8-14-19-28-24(20-15-10-9-11-16-20)23-25(29)21-17-12-13-18-22(21)26(30)27(23)31/h9-13,15-18,24,28-29H,2-8,14,19H2,1H3/t24-/m0/s1. The summed E-state index contributed by atoms with van der Waals surface area (Å²) in [6, 6.07) is 15.8. The van der Waals surface area contributed by atoms with E-state index in [1.54, 1.807) is 24.3 Å². The van der Waals surface area contributed by atoms with E-state index in [1.165, 1.54) is 38.5 Å². The first-order chi connectivity index (χ1) is 15.1. The molecule has 1 aliphatic carbocycles. The van der Waals surface area contributed by atoms with Gasteiger partial charge in [-0.1, -0.05) is 106 Å². The second kappa shape index (κ2) is 11.6. The maximum Gasteiger partial charge on any atom is 0.235 e. The van der Waals surface area contributed by atoms with Crippen LogP contribution in [0.25, 0.3) is 5.76 Å². The van der Waals surface area contributed by atoms with Crippen LogP contribution in [-0.2, 0) is 4.79 Å². The van der Waals surface area contributed by atoms with Crippen LogP contribution in [0.3, 0.4) is 0 Å². The summed E-state index contributed by atoms with van der Waals surface area (Å²) in [4.78, 5) is 25.7. The van der Waals surface area contributed by atoms with Gasteiger partial charge in [0.25, 0.3) is 0 Å². The summed E-state index contributed by atoms with van der Waals surface area (Å²) in [6.45, 7) is 2.94. The number of aliphatic hydroxyl groups excluding tert-OH is 1. The Morgan fingerprint density at radius 3 is 2.00 bits per heavy atom. The van der Waals surface area contributed by atoms with Gasteiger partial charge >= 0.3 is 0 Å². The molecular weight excluding hydrogens is 386 g/mol. The van der Waals surface area contributed by atoms with E-state index in [2.05, 4.69) is 12.2 Å². The monoisotopic (exact) mass is 419 g/mol. The number of benzene rings is 2. The van der Waals surface area contributed by atoms with Gasteiger partial charge in [-0.15, -0.1) is 0 Å². The third-order valence-electron chi connectivity index (χ3n) is 5.93. The first kappa shape index (κ1) is 23.0. The molecule has 3 rings (SSSR count). The Labute approximate surface area is 185 Å². The molecule has 1 aliphatic rings. The lowest BCUT2D eigenvalue weighted by molar-refractivity contribution is -0.112. The van der Waals surface area contributed by atoms with Crippen LogP contribution in [0, 0.1) is 0 Å². The molecule has 2 aromatic rings. The highest BCUT2D eigenvalue weighted by molar-refractivity contribution is 6.52. The van der Waals surface area contributed by atoms with E-state index < -0.39 is 17.6 Å². The van der Waals surface area contributed by atoms with Crippen molar-refractivity contribution in [3.63, 3.8) is 0 Å². The zero-order valence-corrected chi connectivity index (χ0v) is 18.4. The molecule has 0 saturated heterocycles. The highest BCUT2D eigenvalue weighted by Gasteiger charge is 2.37. The maximum atomic E-state index is 13.0. The van der Waals surface area contributed by atoms with Crippen LogP contribution in [0.5, 0.6) is 0 Å². The maximum absolute atomic E-state index is 13.0. The molecule has 0 saturated carbocycles. The molecule has 164 valence electrons. The highest BCUT2D eigenvalue weighted by Crippen LogP contribution is 2.34. The fourth-order valence-electron chi connectivity index (χ4n) is 4.19. The lowest BCUT2D eigenvalue weighted by atomic mass is 9.83. The van der Waals surface area contributed by atoms with E-state index in [-0.39, 0.29) is 16.9 Å². The van der Waals surface area contributed by atoms with Crippen molar-refractivity contribution in [2.24, 2.45) is 0 Å². The SMILES string of the molecule is CCCCCCCCCCN[C@H](C1=C(O)c2ccccc2C(=O)C1=O)c1ccccc1. The van der Waals surface area contributed by atoms with Gasteiger partial charge in [-0.3, -0.25) is 9.59 Å². The van der Waals surface area contributed by atoms with Gasteiger partial charge in [0.15, 0.2) is 0 Å². The highest BCUT2D eigenvalue weighted by atomic mass is 16.3. The number of fused-ring (bicyclic) bond motifs is 1. The van der Waals surface area contributed by atoms with Crippen molar-refractivity contribution in [1.82, 2.24) is 5.32 Å². The quantitative estimate of drug-likeness (QED) is 0.318. The third-order valence-corrected chi connectivity index (χ3v) is 5.93. The van der Waals surface area contributed by atoms with Gasteiger partial charge in [0, 0.05) is 11.1 Å². The van der Waals surface area contributed by atoms with Crippen LogP contribution in [0.2, 0.25) is 0 Å². The fraction of sp³-hybridized carbons (Fsp3) is 0.407. The van der Waals surface area contributed by atoms with Gasteiger partial charge < -0.3 is 10.4 Å². The largest absolute Gasteiger partial charge is 0.507 e. The van der Waals surface area contributed by atoms with Crippen LogP contribution >= 0.6 is 0 Å². The minimum atomic E-state index is -0.631. The van der Waals surface area contributed by atoms with Crippen LogP contribution in [0.15, 0.2) is 60.2 Å². The smallest absolute Gasteiger partial charge is 0.235 e. The normalized spacial score (nSPS) is 14.6. The summed E-state index contributed by atoms with van der Waals surface area (Å²) in [5, 5.41) is 14.4. The molecule has 0 bridgehead atoms. The summed E-state index contributed by atoms with van der Waals surface area (Å²) >= 11 is 0. The molecule has 0 aliphatic heterocycles. The van der Waals surface area contributed by atoms with Crippen molar-refractivity contribution in [3.8, 4) is 0 Å². The van der Waals surface area contributed by atoms with E-state index in [9.17, 15) is 14.7 Å². The molecule has 0 radical (unpaired) electrons. The average molecular weight is 420 g/mol. The Morgan fingerprint density at radius 2 is 1.32 bits per heavy atom. The number of nitrogens with one attached hydrogen (secondary N) is 1. The van der Waals surface area contributed by atoms with E-state index in [0.717, 1.165) is 18.4 Å². The summed E-state index contributed by atoms with van der Waals surface area (Å²) in [6.07, 6.45) is 9.78. The molecule has 0 amide bonds. The summed E-state index contributed by atoms with van der Waals surface area (Å²) in [5.41, 5.74) is 1.71. The molecule has 0 heterocycles. The molecule has 0 spiro atoms. The number of aliphatic hydroxyl groups is 1. The van der Waals surface area contributed by atoms with Crippen molar-refractivity contribution >= 4 is 17.3 Å². The predicted molar refractivity (Wildman–Crippen MR) is 125 cm³/mol. The number of carbonyl (C=O) groups is 2. The van der Waals surface area contributed by atoms with Gasteiger partial charge in [0.2, 0.25) is 11.6 Å². The van der Waals surface area contributed by atoms with Gasteiger partial charge in [-0.25, -0.2) is 0 Å². The number of rotatable bonds is 12. The Kier molecular flexibility index (Phi) is 8.60. The Hall–Kier alpha value is -2.72. The molecule has 4 heteroatoms. The lowest BCUT2D eigenvalue weighted by Crippen LogP contribution is -2.34. The first-order valence-electron chi connectivity index (χ1n) is 11.5. The molecule has 4 nitrogen and oxygen atoms in total. The number of Topliss-reactive ketones (excluding diaryl/α,β-unsaturated/α-hetero) is 2. The zero-order valence-electron chi connectivity index (χ0n) is 18.4. The number of unbranched alkanes of at least 4 members (excludes halogenated alkanes) is 7. The van der Waals surface area contributed by atoms with E-state index in [1.807, 2.05) is 30.3 Å². The summed E-state index contributed by atoms with van der Waals surface area (Å²) in [7, 11) is 0. The predicted octanol–water partition coefficient (Wildman–Crippen LogP) is 6.19. The number of hydrogen-bond acceptors (Lipinski definition) is 4. The van der Waals surface area contributed by atoms with Crippen molar-refractivity contribution in [2.75, 3.05) is 6.54 Å². The average Bonchev–Trinajstić information content (AvgIpc) is 2.81. The number of carbonyl (C=O) groups excluding carboxylic acids is 2. The van der Waals surface area contributed by atoms with E-state index >= 15 is 0 Å². The minimum absolute atomic E-state index is 0.0996. The van der Waals surface area contributed by atoms with Crippen molar-refractivity contribution < 1.29 is 14.7 Å². The lowest BCUT2D eigenvalue weighted by Gasteiger charge is -2.26. The van der Waals surface area contributed by atoms with E-state index in [0.29, 0.717) is 12.1 Å². The van der Waals surface area contributed by atoms with Crippen LogP contribution in [0.4, 0.5) is 0 Å².